The molecular weight excluding hydrogens is 296 g/mol. The highest BCUT2D eigenvalue weighted by Crippen LogP contribution is 2.28. The van der Waals surface area contributed by atoms with Crippen molar-refractivity contribution in [3.05, 3.63) is 57.5 Å². The van der Waals surface area contributed by atoms with Gasteiger partial charge in [0.25, 0.3) is 5.56 Å². The van der Waals surface area contributed by atoms with Crippen molar-refractivity contribution in [3.8, 4) is 5.69 Å². The van der Waals surface area contributed by atoms with Crippen molar-refractivity contribution in [1.29, 1.82) is 0 Å². The molecule has 0 amide bonds. The monoisotopic (exact) mass is 312 g/mol. The normalized spacial score (nSPS) is 18.3. The van der Waals surface area contributed by atoms with Crippen molar-refractivity contribution in [3.63, 3.8) is 0 Å². The molecule has 23 heavy (non-hydrogen) atoms. The fourth-order valence-electron chi connectivity index (χ4n) is 3.02. The van der Waals surface area contributed by atoms with E-state index in [1.54, 1.807) is 6.20 Å². The number of aromatic nitrogens is 4. The second kappa shape index (κ2) is 5.51. The van der Waals surface area contributed by atoms with Crippen molar-refractivity contribution in [2.75, 3.05) is 6.61 Å². The molecule has 4 rings (SSSR count). The average Bonchev–Trinajstić information content (AvgIpc) is 3.00. The van der Waals surface area contributed by atoms with Gasteiger partial charge in [-0.1, -0.05) is 6.07 Å². The zero-order valence-corrected chi connectivity index (χ0v) is 12.4. The number of aromatic amines is 1. The van der Waals surface area contributed by atoms with Crippen molar-refractivity contribution >= 4 is 10.9 Å². The maximum Gasteiger partial charge on any atom is 0.332 e. The number of benzene rings is 1. The predicted molar refractivity (Wildman–Crippen MR) is 84.8 cm³/mol. The Morgan fingerprint density at radius 2 is 2.13 bits per heavy atom. The Kier molecular flexibility index (Phi) is 3.34. The minimum Gasteiger partial charge on any atom is -0.356 e. The van der Waals surface area contributed by atoms with Gasteiger partial charge < -0.3 is 4.74 Å². The van der Waals surface area contributed by atoms with Crippen LogP contribution in [-0.4, -0.2) is 25.9 Å². The molecule has 1 saturated heterocycles. The molecule has 0 bridgehead atoms. The molecule has 1 aromatic carbocycles. The molecule has 0 spiro atoms. The number of hydrogen-bond donors (Lipinski definition) is 1. The van der Waals surface area contributed by atoms with E-state index in [1.165, 1.54) is 16.8 Å². The molecular formula is C16H16N4O3. The molecule has 3 heterocycles. The Morgan fingerprint density at radius 1 is 1.22 bits per heavy atom. The minimum atomic E-state index is -0.466. The molecule has 7 heteroatoms. The first-order valence-corrected chi connectivity index (χ1v) is 7.64. The molecule has 1 unspecified atom stereocenters. The zero-order chi connectivity index (χ0) is 15.8. The second-order valence-corrected chi connectivity index (χ2v) is 5.60. The van der Waals surface area contributed by atoms with Gasteiger partial charge in [0, 0.05) is 24.3 Å². The van der Waals surface area contributed by atoms with Gasteiger partial charge in [-0.3, -0.25) is 14.3 Å². The van der Waals surface area contributed by atoms with E-state index in [0.29, 0.717) is 5.69 Å². The number of ether oxygens (including phenoxy) is 1. The molecule has 0 saturated carbocycles. The van der Waals surface area contributed by atoms with E-state index in [9.17, 15) is 9.59 Å². The highest BCUT2D eigenvalue weighted by atomic mass is 16.5. The maximum atomic E-state index is 12.0. The van der Waals surface area contributed by atoms with Gasteiger partial charge in [-0.2, -0.15) is 5.10 Å². The van der Waals surface area contributed by atoms with E-state index < -0.39 is 11.2 Å². The van der Waals surface area contributed by atoms with Crippen molar-refractivity contribution in [2.24, 2.45) is 0 Å². The lowest BCUT2D eigenvalue weighted by molar-refractivity contribution is -0.0366. The standard InChI is InChI=1S/C16H16N4O3/c21-14-7-8-19(16(22)18-14)12-4-3-5-13-11(12)10-17-20(13)15-6-1-2-9-23-15/h3-5,7-8,10,15H,1-2,6,9H2,(H,18,21,22). The van der Waals surface area contributed by atoms with Crippen LogP contribution in [0.2, 0.25) is 0 Å². The largest absolute Gasteiger partial charge is 0.356 e. The Hall–Kier alpha value is -2.67. The van der Waals surface area contributed by atoms with E-state index in [2.05, 4.69) is 10.1 Å². The lowest BCUT2D eigenvalue weighted by Gasteiger charge is -2.23. The summed E-state index contributed by atoms with van der Waals surface area (Å²) in [5, 5.41) is 5.30. The summed E-state index contributed by atoms with van der Waals surface area (Å²) in [5.74, 6) is 0. The Morgan fingerprint density at radius 3 is 2.91 bits per heavy atom. The Labute approximate surface area is 131 Å². The summed E-state index contributed by atoms with van der Waals surface area (Å²) in [6, 6.07) is 6.99. The van der Waals surface area contributed by atoms with Crippen LogP contribution in [0.25, 0.3) is 16.6 Å². The van der Waals surface area contributed by atoms with Crippen molar-refractivity contribution < 1.29 is 4.74 Å². The quantitative estimate of drug-likeness (QED) is 0.779. The van der Waals surface area contributed by atoms with Crippen LogP contribution in [-0.2, 0) is 4.74 Å². The highest BCUT2D eigenvalue weighted by molar-refractivity contribution is 5.87. The first-order chi connectivity index (χ1) is 11.2. The molecule has 1 aliphatic heterocycles. The SMILES string of the molecule is O=c1ccn(-c2cccc3c2cnn3C2CCCCO2)c(=O)[nH]1. The molecule has 7 nitrogen and oxygen atoms in total. The van der Waals surface area contributed by atoms with Crippen LogP contribution in [0.3, 0.4) is 0 Å². The van der Waals surface area contributed by atoms with Crippen LogP contribution in [0.1, 0.15) is 25.5 Å². The van der Waals surface area contributed by atoms with Gasteiger partial charge in [-0.05, 0) is 31.4 Å². The summed E-state index contributed by atoms with van der Waals surface area (Å²) in [6.45, 7) is 0.741. The predicted octanol–water partition coefficient (Wildman–Crippen LogP) is 1.57. The number of nitrogens with one attached hydrogen (secondary N) is 1. The topological polar surface area (TPSA) is 81.9 Å². The van der Waals surface area contributed by atoms with Crippen LogP contribution >= 0.6 is 0 Å². The van der Waals surface area contributed by atoms with Crippen LogP contribution in [0.15, 0.2) is 46.2 Å². The minimum absolute atomic E-state index is 0.0659. The Balaban J connectivity index is 1.87. The second-order valence-electron chi connectivity index (χ2n) is 5.60. The third-order valence-corrected chi connectivity index (χ3v) is 4.13. The number of nitrogens with zero attached hydrogens (tertiary/aromatic N) is 3. The van der Waals surface area contributed by atoms with Gasteiger partial charge in [-0.15, -0.1) is 0 Å². The molecule has 3 aromatic rings. The maximum absolute atomic E-state index is 12.0. The van der Waals surface area contributed by atoms with Gasteiger partial charge in [0.05, 0.1) is 17.4 Å². The lowest BCUT2D eigenvalue weighted by atomic mass is 10.1. The molecule has 1 aliphatic rings. The molecule has 118 valence electrons. The van der Waals surface area contributed by atoms with E-state index in [1.807, 2.05) is 22.9 Å². The number of rotatable bonds is 2. The Bertz CT molecular complexity index is 963. The van der Waals surface area contributed by atoms with E-state index in [0.717, 1.165) is 36.8 Å². The van der Waals surface area contributed by atoms with Gasteiger partial charge in [0.2, 0.25) is 0 Å². The zero-order valence-electron chi connectivity index (χ0n) is 12.4. The van der Waals surface area contributed by atoms with Crippen LogP contribution < -0.4 is 11.2 Å². The summed E-state index contributed by atoms with van der Waals surface area (Å²) in [4.78, 5) is 25.6. The molecule has 1 fully saturated rings. The molecule has 2 aromatic heterocycles. The summed E-state index contributed by atoms with van der Waals surface area (Å²) in [7, 11) is 0. The van der Waals surface area contributed by atoms with Crippen molar-refractivity contribution in [1.82, 2.24) is 19.3 Å². The molecule has 1 N–H and O–H groups in total. The summed E-state index contributed by atoms with van der Waals surface area (Å²) in [6.07, 6.45) is 6.27. The van der Waals surface area contributed by atoms with Gasteiger partial charge >= 0.3 is 5.69 Å². The fourth-order valence-corrected chi connectivity index (χ4v) is 3.02. The van der Waals surface area contributed by atoms with Gasteiger partial charge in [0.15, 0.2) is 6.23 Å². The first kappa shape index (κ1) is 14.0. The summed E-state index contributed by atoms with van der Waals surface area (Å²) < 4.78 is 9.08. The fraction of sp³-hybridized carbons (Fsp3) is 0.312. The number of hydrogen-bond acceptors (Lipinski definition) is 4. The summed E-state index contributed by atoms with van der Waals surface area (Å²) >= 11 is 0. The van der Waals surface area contributed by atoms with E-state index in [-0.39, 0.29) is 6.23 Å². The molecule has 0 radical (unpaired) electrons. The summed E-state index contributed by atoms with van der Waals surface area (Å²) in [5.41, 5.74) is 0.717. The van der Waals surface area contributed by atoms with E-state index >= 15 is 0 Å². The van der Waals surface area contributed by atoms with Crippen LogP contribution in [0.5, 0.6) is 0 Å². The highest BCUT2D eigenvalue weighted by Gasteiger charge is 2.19. The van der Waals surface area contributed by atoms with Crippen LogP contribution in [0.4, 0.5) is 0 Å². The number of fused-ring (bicyclic) bond motifs is 1. The van der Waals surface area contributed by atoms with Crippen LogP contribution in [0, 0.1) is 0 Å². The first-order valence-electron chi connectivity index (χ1n) is 7.64. The molecule has 1 atom stereocenters. The average molecular weight is 312 g/mol. The number of H-pyrrole nitrogens is 1. The third kappa shape index (κ3) is 2.39. The smallest absolute Gasteiger partial charge is 0.332 e. The van der Waals surface area contributed by atoms with E-state index in [4.69, 9.17) is 4.74 Å². The van der Waals surface area contributed by atoms with Gasteiger partial charge in [-0.25, -0.2) is 9.48 Å². The van der Waals surface area contributed by atoms with Crippen molar-refractivity contribution in [2.45, 2.75) is 25.5 Å². The third-order valence-electron chi connectivity index (χ3n) is 4.13. The molecule has 0 aliphatic carbocycles. The lowest BCUT2D eigenvalue weighted by Crippen LogP contribution is -2.27. The van der Waals surface area contributed by atoms with Gasteiger partial charge in [0.1, 0.15) is 0 Å².